The van der Waals surface area contributed by atoms with E-state index < -0.39 is 0 Å². The van der Waals surface area contributed by atoms with Crippen LogP contribution in [-0.2, 0) is 11.3 Å². The molecule has 0 aliphatic carbocycles. The molecule has 0 spiro atoms. The zero-order valence-electron chi connectivity index (χ0n) is 12.0. The first kappa shape index (κ1) is 16.4. The minimum Gasteiger partial charge on any atom is -0.383 e. The molecule has 108 valence electrons. The van der Waals surface area contributed by atoms with Crippen LogP contribution in [0.3, 0.4) is 0 Å². The molecule has 0 fully saturated rings. The lowest BCUT2D eigenvalue weighted by Crippen LogP contribution is -2.38. The van der Waals surface area contributed by atoms with Gasteiger partial charge in [-0.3, -0.25) is 0 Å². The Hall–Kier alpha value is -0.650. The number of methoxy groups -OCH3 is 1. The molecule has 1 rings (SSSR count). The van der Waals surface area contributed by atoms with E-state index in [1.165, 1.54) is 0 Å². The lowest BCUT2D eigenvalue weighted by Gasteiger charge is -2.32. The molecule has 1 heterocycles. The van der Waals surface area contributed by atoms with Gasteiger partial charge in [-0.15, -0.1) is 0 Å². The second-order valence-electron chi connectivity index (χ2n) is 4.50. The van der Waals surface area contributed by atoms with Crippen molar-refractivity contribution in [2.75, 3.05) is 25.2 Å². The average Bonchev–Trinajstić information content (AvgIpc) is 2.43. The Morgan fingerprint density at radius 3 is 2.63 bits per heavy atom. The lowest BCUT2D eigenvalue weighted by molar-refractivity contribution is 0.202. The predicted octanol–water partition coefficient (Wildman–Crippen LogP) is 2.94. The van der Waals surface area contributed by atoms with Gasteiger partial charge >= 0.3 is 0 Å². The number of hydrogen-bond acceptors (Lipinski definition) is 4. The van der Waals surface area contributed by atoms with E-state index in [1.54, 1.807) is 7.11 Å². The van der Waals surface area contributed by atoms with E-state index in [2.05, 4.69) is 39.7 Å². The van der Waals surface area contributed by atoms with Crippen LogP contribution in [0.4, 0.5) is 5.82 Å². The van der Waals surface area contributed by atoms with Crippen molar-refractivity contribution in [3.05, 3.63) is 22.3 Å². The number of pyridine rings is 1. The third-order valence-electron chi connectivity index (χ3n) is 3.32. The maximum Gasteiger partial charge on any atom is 0.133 e. The molecule has 0 saturated carbocycles. The molecule has 0 radical (unpaired) electrons. The maximum atomic E-state index is 5.85. The molecular weight excluding hydrogens is 306 g/mol. The van der Waals surface area contributed by atoms with Crippen LogP contribution in [0.5, 0.6) is 0 Å². The van der Waals surface area contributed by atoms with Crippen LogP contribution in [0, 0.1) is 0 Å². The molecule has 1 aromatic rings. The highest BCUT2D eigenvalue weighted by Crippen LogP contribution is 2.24. The third-order valence-corrected chi connectivity index (χ3v) is 3.75. The number of nitrogens with two attached hydrogens (primary N) is 1. The monoisotopic (exact) mass is 329 g/mol. The largest absolute Gasteiger partial charge is 0.383 e. The van der Waals surface area contributed by atoms with Crippen LogP contribution < -0.4 is 10.6 Å². The Balaban J connectivity index is 3.08. The van der Waals surface area contributed by atoms with Crippen molar-refractivity contribution in [2.45, 2.75) is 39.3 Å². The molecular formula is C14H24BrN3O. The molecule has 0 aliphatic rings. The van der Waals surface area contributed by atoms with E-state index >= 15 is 0 Å². The average molecular weight is 330 g/mol. The van der Waals surface area contributed by atoms with Crippen LogP contribution in [-0.4, -0.2) is 31.3 Å². The van der Waals surface area contributed by atoms with E-state index in [1.807, 2.05) is 12.3 Å². The first-order valence-electron chi connectivity index (χ1n) is 6.77. The smallest absolute Gasteiger partial charge is 0.133 e. The van der Waals surface area contributed by atoms with Crippen molar-refractivity contribution in [3.8, 4) is 0 Å². The van der Waals surface area contributed by atoms with Gasteiger partial charge < -0.3 is 15.4 Å². The Labute approximate surface area is 124 Å². The van der Waals surface area contributed by atoms with Crippen molar-refractivity contribution >= 4 is 21.7 Å². The summed E-state index contributed by atoms with van der Waals surface area (Å²) < 4.78 is 6.19. The van der Waals surface area contributed by atoms with Gasteiger partial charge in [0, 0.05) is 42.5 Å². The van der Waals surface area contributed by atoms with Crippen LogP contribution in [0.2, 0.25) is 0 Å². The molecule has 0 unspecified atom stereocenters. The number of hydrogen-bond donors (Lipinski definition) is 1. The number of nitrogens with zero attached hydrogens (tertiary/aromatic N) is 2. The molecule has 5 heteroatoms. The summed E-state index contributed by atoms with van der Waals surface area (Å²) in [7, 11) is 1.73. The van der Waals surface area contributed by atoms with Crippen LogP contribution in [0.1, 0.15) is 32.3 Å². The standard InChI is InChI=1S/C14H24BrN3O/c1-4-13(5-2)18(6-7-19-3)14-11(9-16)8-12(15)10-17-14/h8,10,13H,4-7,9,16H2,1-3H3. The highest BCUT2D eigenvalue weighted by Gasteiger charge is 2.19. The molecule has 0 atom stereocenters. The molecule has 0 saturated heterocycles. The number of halogens is 1. The van der Waals surface area contributed by atoms with E-state index in [0.29, 0.717) is 19.2 Å². The van der Waals surface area contributed by atoms with Gasteiger partial charge in [-0.05, 0) is 34.8 Å². The normalized spacial score (nSPS) is 11.1. The topological polar surface area (TPSA) is 51.4 Å². The number of aromatic nitrogens is 1. The van der Waals surface area contributed by atoms with E-state index in [9.17, 15) is 0 Å². The van der Waals surface area contributed by atoms with Crippen molar-refractivity contribution in [3.63, 3.8) is 0 Å². The Morgan fingerprint density at radius 1 is 1.42 bits per heavy atom. The maximum absolute atomic E-state index is 5.85. The minimum absolute atomic E-state index is 0.467. The molecule has 0 aliphatic heterocycles. The number of ether oxygens (including phenoxy) is 1. The summed E-state index contributed by atoms with van der Waals surface area (Å²) >= 11 is 3.45. The second-order valence-corrected chi connectivity index (χ2v) is 5.41. The summed E-state index contributed by atoms with van der Waals surface area (Å²) in [5, 5.41) is 0. The van der Waals surface area contributed by atoms with Gasteiger partial charge in [0.1, 0.15) is 5.82 Å². The van der Waals surface area contributed by atoms with Gasteiger partial charge in [0.25, 0.3) is 0 Å². The van der Waals surface area contributed by atoms with Gasteiger partial charge in [0.05, 0.1) is 6.61 Å². The summed E-state index contributed by atoms with van der Waals surface area (Å²) in [4.78, 5) is 6.88. The zero-order chi connectivity index (χ0) is 14.3. The summed E-state index contributed by atoms with van der Waals surface area (Å²) in [6.45, 7) is 6.43. The van der Waals surface area contributed by atoms with Crippen LogP contribution in [0.15, 0.2) is 16.7 Å². The van der Waals surface area contributed by atoms with Crippen molar-refractivity contribution < 1.29 is 4.74 Å². The van der Waals surface area contributed by atoms with Gasteiger partial charge in [-0.1, -0.05) is 13.8 Å². The minimum atomic E-state index is 0.467. The Kier molecular flexibility index (Phi) is 7.34. The van der Waals surface area contributed by atoms with E-state index in [0.717, 1.165) is 35.2 Å². The van der Waals surface area contributed by atoms with E-state index in [-0.39, 0.29) is 0 Å². The van der Waals surface area contributed by atoms with Crippen molar-refractivity contribution in [1.82, 2.24) is 4.98 Å². The summed E-state index contributed by atoms with van der Waals surface area (Å²) in [6.07, 6.45) is 4.00. The highest BCUT2D eigenvalue weighted by molar-refractivity contribution is 9.10. The second kappa shape index (κ2) is 8.51. The van der Waals surface area contributed by atoms with Crippen molar-refractivity contribution in [1.29, 1.82) is 0 Å². The zero-order valence-corrected chi connectivity index (χ0v) is 13.6. The molecule has 0 aromatic carbocycles. The van der Waals surface area contributed by atoms with Crippen LogP contribution >= 0.6 is 15.9 Å². The highest BCUT2D eigenvalue weighted by atomic mass is 79.9. The molecule has 2 N–H and O–H groups in total. The number of rotatable bonds is 8. The Morgan fingerprint density at radius 2 is 2.11 bits per heavy atom. The fourth-order valence-electron chi connectivity index (χ4n) is 2.26. The van der Waals surface area contributed by atoms with Gasteiger partial charge in [0.2, 0.25) is 0 Å². The predicted molar refractivity (Wildman–Crippen MR) is 83.4 cm³/mol. The van der Waals surface area contributed by atoms with Gasteiger partial charge in [-0.2, -0.15) is 0 Å². The van der Waals surface area contributed by atoms with Gasteiger partial charge in [-0.25, -0.2) is 4.98 Å². The molecule has 19 heavy (non-hydrogen) atoms. The Bertz CT molecular complexity index is 383. The lowest BCUT2D eigenvalue weighted by atomic mass is 10.1. The van der Waals surface area contributed by atoms with E-state index in [4.69, 9.17) is 10.5 Å². The SMILES string of the molecule is CCC(CC)N(CCOC)c1ncc(Br)cc1CN. The summed E-state index contributed by atoms with van der Waals surface area (Å²) in [5.74, 6) is 0.983. The van der Waals surface area contributed by atoms with Crippen molar-refractivity contribution in [2.24, 2.45) is 5.73 Å². The quantitative estimate of drug-likeness (QED) is 0.796. The molecule has 0 amide bonds. The molecule has 0 bridgehead atoms. The third kappa shape index (κ3) is 4.44. The summed E-state index contributed by atoms with van der Waals surface area (Å²) in [6, 6.07) is 2.51. The number of anilines is 1. The molecule has 1 aromatic heterocycles. The van der Waals surface area contributed by atoms with Gasteiger partial charge in [0.15, 0.2) is 0 Å². The van der Waals surface area contributed by atoms with Crippen LogP contribution in [0.25, 0.3) is 0 Å². The first-order chi connectivity index (χ1) is 9.17. The molecule has 4 nitrogen and oxygen atoms in total. The fraction of sp³-hybridized carbons (Fsp3) is 0.643. The first-order valence-corrected chi connectivity index (χ1v) is 7.57. The fourth-order valence-corrected chi connectivity index (χ4v) is 2.64. The summed E-state index contributed by atoms with van der Waals surface area (Å²) in [5.41, 5.74) is 6.92.